The monoisotopic (exact) mass is 464 g/mol. The molecule has 1 aromatic heterocycles. The van der Waals surface area contributed by atoms with Gasteiger partial charge in [-0.3, -0.25) is 4.79 Å². The Hall–Kier alpha value is -3.68. The number of carboxylic acid groups (broad SMARTS) is 1. The zero-order chi connectivity index (χ0) is 23.2. The summed E-state index contributed by atoms with van der Waals surface area (Å²) in [6, 6.07) is 10.8. The number of hydrogen-bond donors (Lipinski definition) is 6. The molecule has 0 saturated carbocycles. The SMILES string of the molecule is O.O=C(O)C1OC(Oc2cc3oc(-c4ccccc4)cc(=O)c3c(O)c2O)C(O)C(O)C1O. The summed E-state index contributed by atoms with van der Waals surface area (Å²) in [4.78, 5) is 23.8. The first kappa shape index (κ1) is 24.0. The summed E-state index contributed by atoms with van der Waals surface area (Å²) in [6.07, 6.45) is -9.56. The molecule has 1 saturated heterocycles. The highest BCUT2D eigenvalue weighted by Gasteiger charge is 2.48. The number of aromatic hydroxyl groups is 2. The molecule has 2 aromatic carbocycles. The molecule has 12 nitrogen and oxygen atoms in total. The number of carboxylic acids is 1. The number of benzene rings is 2. The topological polar surface area (TPSA) is 219 Å². The average molecular weight is 464 g/mol. The standard InChI is InChI=1S/C21H18O11.H2O/c22-9-6-10(8-4-2-1-3-5-8)30-11-7-12(14(23)15(24)13(9)11)31-21-18(27)16(25)17(26)19(32-21)20(28)29;/h1-7,16-19,21,23-27H,(H,28,29);1H2. The lowest BCUT2D eigenvalue weighted by atomic mass is 9.99. The Labute approximate surface area is 184 Å². The van der Waals surface area contributed by atoms with Crippen LogP contribution in [0.15, 0.2) is 51.7 Å². The van der Waals surface area contributed by atoms with Crippen LogP contribution < -0.4 is 10.2 Å². The molecule has 0 radical (unpaired) electrons. The highest BCUT2D eigenvalue weighted by atomic mass is 16.7. The number of phenolic OH excluding ortho intramolecular Hbond substituents is 2. The van der Waals surface area contributed by atoms with Crippen LogP contribution in [0.4, 0.5) is 0 Å². The first-order valence-corrected chi connectivity index (χ1v) is 9.36. The van der Waals surface area contributed by atoms with Crippen molar-refractivity contribution in [2.24, 2.45) is 0 Å². The minimum absolute atomic E-state index is 0. The summed E-state index contributed by atoms with van der Waals surface area (Å²) in [6.45, 7) is 0. The number of ether oxygens (including phenoxy) is 2. The number of fused-ring (bicyclic) bond motifs is 1. The van der Waals surface area contributed by atoms with Crippen LogP contribution in [0.5, 0.6) is 17.2 Å². The highest BCUT2D eigenvalue weighted by Crippen LogP contribution is 2.42. The van der Waals surface area contributed by atoms with Gasteiger partial charge in [0.05, 0.1) is 0 Å². The molecule has 8 N–H and O–H groups in total. The smallest absolute Gasteiger partial charge is 0.335 e. The summed E-state index contributed by atoms with van der Waals surface area (Å²) in [5.74, 6) is -3.76. The lowest BCUT2D eigenvalue weighted by molar-refractivity contribution is -0.271. The van der Waals surface area contributed by atoms with Crippen molar-refractivity contribution in [2.75, 3.05) is 0 Å². The maximum atomic E-state index is 12.5. The predicted octanol–water partition coefficient (Wildman–Crippen LogP) is -0.683. The first-order valence-electron chi connectivity index (χ1n) is 9.36. The Morgan fingerprint density at radius 3 is 2.24 bits per heavy atom. The lowest BCUT2D eigenvalue weighted by Crippen LogP contribution is -2.61. The lowest BCUT2D eigenvalue weighted by Gasteiger charge is -2.38. The van der Waals surface area contributed by atoms with E-state index < -0.39 is 59.4 Å². The molecular weight excluding hydrogens is 444 g/mol. The minimum atomic E-state index is -1.94. The Kier molecular flexibility index (Phi) is 6.58. The Morgan fingerprint density at radius 2 is 1.61 bits per heavy atom. The molecule has 33 heavy (non-hydrogen) atoms. The van der Waals surface area contributed by atoms with Gasteiger partial charge in [0.25, 0.3) is 0 Å². The van der Waals surface area contributed by atoms with Gasteiger partial charge in [0, 0.05) is 17.7 Å². The zero-order valence-electron chi connectivity index (χ0n) is 16.7. The molecule has 2 heterocycles. The Bertz CT molecular complexity index is 1220. The van der Waals surface area contributed by atoms with Crippen LogP contribution in [0.3, 0.4) is 0 Å². The largest absolute Gasteiger partial charge is 0.504 e. The van der Waals surface area contributed by atoms with E-state index in [1.165, 1.54) is 0 Å². The first-order chi connectivity index (χ1) is 15.2. The summed E-state index contributed by atoms with van der Waals surface area (Å²) in [5.41, 5.74) is -0.265. The second kappa shape index (κ2) is 9.05. The number of carbonyl (C=O) groups is 1. The van der Waals surface area contributed by atoms with Crippen molar-refractivity contribution in [3.05, 3.63) is 52.7 Å². The third kappa shape index (κ3) is 4.20. The van der Waals surface area contributed by atoms with Crippen molar-refractivity contribution in [1.29, 1.82) is 0 Å². The zero-order valence-corrected chi connectivity index (χ0v) is 16.7. The molecule has 5 atom stereocenters. The fraction of sp³-hybridized carbons (Fsp3) is 0.238. The van der Waals surface area contributed by atoms with Gasteiger partial charge in [-0.15, -0.1) is 0 Å². The normalized spacial score (nSPS) is 24.8. The van der Waals surface area contributed by atoms with Crippen LogP contribution in [-0.2, 0) is 9.53 Å². The van der Waals surface area contributed by atoms with E-state index in [0.717, 1.165) is 12.1 Å². The van der Waals surface area contributed by atoms with E-state index in [9.17, 15) is 35.1 Å². The van der Waals surface area contributed by atoms with Crippen LogP contribution in [-0.4, -0.2) is 72.8 Å². The number of hydrogen-bond acceptors (Lipinski definition) is 10. The van der Waals surface area contributed by atoms with Crippen LogP contribution in [0.25, 0.3) is 22.3 Å². The second-order valence-electron chi connectivity index (χ2n) is 7.14. The van der Waals surface area contributed by atoms with Crippen molar-refractivity contribution >= 4 is 16.9 Å². The van der Waals surface area contributed by atoms with E-state index in [2.05, 4.69) is 0 Å². The molecule has 1 aliphatic rings. The fourth-order valence-corrected chi connectivity index (χ4v) is 3.38. The molecule has 0 bridgehead atoms. The molecule has 12 heteroatoms. The third-order valence-electron chi connectivity index (χ3n) is 5.05. The van der Waals surface area contributed by atoms with Crippen LogP contribution in [0, 0.1) is 0 Å². The predicted molar refractivity (Wildman–Crippen MR) is 110 cm³/mol. The summed E-state index contributed by atoms with van der Waals surface area (Å²) < 4.78 is 16.0. The van der Waals surface area contributed by atoms with Crippen molar-refractivity contribution in [3.8, 4) is 28.6 Å². The molecule has 0 spiro atoms. The number of aliphatic carboxylic acids is 1. The minimum Gasteiger partial charge on any atom is -0.504 e. The average Bonchev–Trinajstić information content (AvgIpc) is 2.77. The van der Waals surface area contributed by atoms with Crippen LogP contribution in [0.2, 0.25) is 0 Å². The van der Waals surface area contributed by atoms with Gasteiger partial charge in [0.15, 0.2) is 23.0 Å². The van der Waals surface area contributed by atoms with Gasteiger partial charge in [0.1, 0.15) is 35.0 Å². The summed E-state index contributed by atoms with van der Waals surface area (Å²) in [7, 11) is 0. The molecule has 0 aliphatic carbocycles. The molecule has 5 unspecified atom stereocenters. The van der Waals surface area contributed by atoms with Gasteiger partial charge < -0.3 is 50.0 Å². The van der Waals surface area contributed by atoms with E-state index in [1.807, 2.05) is 0 Å². The molecule has 1 aliphatic heterocycles. The van der Waals surface area contributed by atoms with Crippen molar-refractivity contribution in [1.82, 2.24) is 0 Å². The Morgan fingerprint density at radius 1 is 0.939 bits per heavy atom. The fourth-order valence-electron chi connectivity index (χ4n) is 3.38. The maximum Gasteiger partial charge on any atom is 0.335 e. The molecular formula is C21H20O12. The van der Waals surface area contributed by atoms with Crippen molar-refractivity contribution < 1.29 is 54.8 Å². The molecule has 0 amide bonds. The maximum absolute atomic E-state index is 12.5. The number of rotatable bonds is 4. The molecule has 4 rings (SSSR count). The van der Waals surface area contributed by atoms with Gasteiger partial charge >= 0.3 is 5.97 Å². The third-order valence-corrected chi connectivity index (χ3v) is 5.05. The number of phenols is 2. The number of aliphatic hydroxyl groups is 3. The van der Waals surface area contributed by atoms with Crippen molar-refractivity contribution in [2.45, 2.75) is 30.7 Å². The summed E-state index contributed by atoms with van der Waals surface area (Å²) in [5, 5.41) is 59.2. The van der Waals surface area contributed by atoms with Crippen LogP contribution >= 0.6 is 0 Å². The van der Waals surface area contributed by atoms with Gasteiger partial charge in [0.2, 0.25) is 12.0 Å². The van der Waals surface area contributed by atoms with Gasteiger partial charge in [-0.1, -0.05) is 30.3 Å². The van der Waals surface area contributed by atoms with E-state index >= 15 is 0 Å². The van der Waals surface area contributed by atoms with E-state index in [-0.39, 0.29) is 22.2 Å². The van der Waals surface area contributed by atoms with Crippen LogP contribution in [0.1, 0.15) is 0 Å². The van der Waals surface area contributed by atoms with E-state index in [0.29, 0.717) is 5.56 Å². The molecule has 3 aromatic rings. The van der Waals surface area contributed by atoms with Gasteiger partial charge in [-0.05, 0) is 0 Å². The quantitative estimate of drug-likeness (QED) is 0.266. The van der Waals surface area contributed by atoms with Gasteiger partial charge in [-0.25, -0.2) is 4.79 Å². The molecule has 176 valence electrons. The highest BCUT2D eigenvalue weighted by molar-refractivity contribution is 5.89. The van der Waals surface area contributed by atoms with E-state index in [4.69, 9.17) is 19.0 Å². The molecule has 1 fully saturated rings. The van der Waals surface area contributed by atoms with Crippen molar-refractivity contribution in [3.63, 3.8) is 0 Å². The Balaban J connectivity index is 0.00000306. The second-order valence-corrected chi connectivity index (χ2v) is 7.14. The van der Waals surface area contributed by atoms with E-state index in [1.54, 1.807) is 30.3 Å². The summed E-state index contributed by atoms with van der Waals surface area (Å²) >= 11 is 0. The number of aliphatic hydroxyl groups excluding tert-OH is 3. The van der Waals surface area contributed by atoms with Gasteiger partial charge in [-0.2, -0.15) is 0 Å².